The van der Waals surface area contributed by atoms with Crippen molar-refractivity contribution in [2.24, 2.45) is 0 Å². The van der Waals surface area contributed by atoms with Gasteiger partial charge in [0.1, 0.15) is 0 Å². The Morgan fingerprint density at radius 3 is 2.88 bits per heavy atom. The lowest BCUT2D eigenvalue weighted by molar-refractivity contribution is 0.226. The van der Waals surface area contributed by atoms with Crippen LogP contribution in [0, 0.1) is 0 Å². The molecule has 2 nitrogen and oxygen atoms in total. The molecule has 1 unspecified atom stereocenters. The van der Waals surface area contributed by atoms with E-state index in [4.69, 9.17) is 0 Å². The van der Waals surface area contributed by atoms with Gasteiger partial charge in [0.05, 0.1) is 0 Å². The van der Waals surface area contributed by atoms with Crippen LogP contribution in [-0.4, -0.2) is 37.1 Å². The highest BCUT2D eigenvalue weighted by Gasteiger charge is 2.18. The molecule has 1 aliphatic heterocycles. The minimum Gasteiger partial charge on any atom is -0.311 e. The summed E-state index contributed by atoms with van der Waals surface area (Å²) in [4.78, 5) is 2.42. The highest BCUT2D eigenvalue weighted by molar-refractivity contribution is 7.07. The summed E-state index contributed by atoms with van der Waals surface area (Å²) in [6.07, 6.45) is 3.75. The van der Waals surface area contributed by atoms with Crippen LogP contribution in [-0.2, 0) is 6.42 Å². The molecule has 2 heterocycles. The van der Waals surface area contributed by atoms with Gasteiger partial charge in [-0.1, -0.05) is 0 Å². The molecule has 0 saturated carbocycles. The van der Waals surface area contributed by atoms with Crippen molar-refractivity contribution in [3.63, 3.8) is 0 Å². The summed E-state index contributed by atoms with van der Waals surface area (Å²) in [6, 6.07) is 3.56. The maximum Gasteiger partial charge on any atom is 0.00940 e. The van der Waals surface area contributed by atoms with E-state index in [1.807, 2.05) is 0 Å². The van der Waals surface area contributed by atoms with Gasteiger partial charge in [0.2, 0.25) is 0 Å². The number of rotatable bonds is 4. The Balaban J connectivity index is 1.72. The molecule has 3 heteroatoms. The molecule has 1 fully saturated rings. The maximum absolute atomic E-state index is 3.76. The number of nitrogens with one attached hydrogen (secondary N) is 1. The number of hydrogen-bond donors (Lipinski definition) is 1. The summed E-state index contributed by atoms with van der Waals surface area (Å²) in [7, 11) is 2.21. The Kier molecular flexibility index (Phi) is 4.38. The minimum atomic E-state index is 0.600. The molecule has 0 aliphatic carbocycles. The first-order chi connectivity index (χ1) is 7.74. The summed E-state index contributed by atoms with van der Waals surface area (Å²) >= 11 is 1.79. The molecule has 1 atom stereocenters. The van der Waals surface area contributed by atoms with Crippen LogP contribution in [0.15, 0.2) is 16.8 Å². The first-order valence-corrected chi connectivity index (χ1v) is 7.14. The van der Waals surface area contributed by atoms with Crippen molar-refractivity contribution in [3.8, 4) is 0 Å². The molecular formula is C13H22N2S. The number of likely N-dealkylation sites (tertiary alicyclic amines) is 1. The lowest BCUT2D eigenvalue weighted by Gasteiger charge is -2.31. The van der Waals surface area contributed by atoms with Gasteiger partial charge in [0, 0.05) is 12.1 Å². The molecule has 16 heavy (non-hydrogen) atoms. The summed E-state index contributed by atoms with van der Waals surface area (Å²) in [5.41, 5.74) is 1.47. The third-order valence-corrected chi connectivity index (χ3v) is 4.09. The van der Waals surface area contributed by atoms with E-state index in [-0.39, 0.29) is 0 Å². The Hall–Kier alpha value is -0.380. The Labute approximate surface area is 103 Å². The van der Waals surface area contributed by atoms with Gasteiger partial charge in [-0.15, -0.1) is 0 Å². The summed E-state index contributed by atoms with van der Waals surface area (Å²) in [5.74, 6) is 0. The second-order valence-electron chi connectivity index (χ2n) is 4.98. The summed E-state index contributed by atoms with van der Waals surface area (Å²) in [5, 5.41) is 8.18. The second kappa shape index (κ2) is 5.80. The average Bonchev–Trinajstić information content (AvgIpc) is 2.74. The van der Waals surface area contributed by atoms with E-state index in [9.17, 15) is 0 Å². The predicted octanol–water partition coefficient (Wildman–Crippen LogP) is 2.36. The third-order valence-electron chi connectivity index (χ3n) is 3.36. The summed E-state index contributed by atoms with van der Waals surface area (Å²) in [6.45, 7) is 4.78. The Morgan fingerprint density at radius 2 is 2.25 bits per heavy atom. The minimum absolute atomic E-state index is 0.600. The standard InChI is InChI=1S/C13H22N2S/c1-11(9-12-5-8-16-10-12)14-13-3-6-15(2)7-4-13/h5,8,10-11,13-14H,3-4,6-7,9H2,1-2H3. The molecule has 1 aliphatic rings. The first kappa shape index (κ1) is 12.1. The van der Waals surface area contributed by atoms with Crippen molar-refractivity contribution in [3.05, 3.63) is 22.4 Å². The highest BCUT2D eigenvalue weighted by Crippen LogP contribution is 2.12. The van der Waals surface area contributed by atoms with Crippen molar-refractivity contribution in [2.45, 2.75) is 38.3 Å². The van der Waals surface area contributed by atoms with Crippen LogP contribution in [0.2, 0.25) is 0 Å². The van der Waals surface area contributed by atoms with E-state index in [2.05, 4.69) is 41.0 Å². The van der Waals surface area contributed by atoms with Crippen LogP contribution in [0.1, 0.15) is 25.3 Å². The van der Waals surface area contributed by atoms with E-state index in [0.717, 1.165) is 12.5 Å². The smallest absolute Gasteiger partial charge is 0.00940 e. The SMILES string of the molecule is CC(Cc1ccsc1)NC1CCN(C)CC1. The average molecular weight is 238 g/mol. The normalized spacial score (nSPS) is 21.1. The fraction of sp³-hybridized carbons (Fsp3) is 0.692. The van der Waals surface area contributed by atoms with Crippen LogP contribution in [0.25, 0.3) is 0 Å². The molecule has 1 aromatic rings. The molecule has 0 bridgehead atoms. The quantitative estimate of drug-likeness (QED) is 0.866. The van der Waals surface area contributed by atoms with Gasteiger partial charge in [-0.3, -0.25) is 0 Å². The van der Waals surface area contributed by atoms with Gasteiger partial charge in [-0.05, 0) is 68.7 Å². The van der Waals surface area contributed by atoms with E-state index in [1.54, 1.807) is 11.3 Å². The molecule has 1 N–H and O–H groups in total. The van der Waals surface area contributed by atoms with Crippen molar-refractivity contribution >= 4 is 11.3 Å². The largest absolute Gasteiger partial charge is 0.311 e. The van der Waals surface area contributed by atoms with Crippen LogP contribution in [0.4, 0.5) is 0 Å². The van der Waals surface area contributed by atoms with Gasteiger partial charge in [0.25, 0.3) is 0 Å². The number of nitrogens with zero attached hydrogens (tertiary/aromatic N) is 1. The van der Waals surface area contributed by atoms with E-state index < -0.39 is 0 Å². The molecule has 90 valence electrons. The molecule has 1 aromatic heterocycles. The first-order valence-electron chi connectivity index (χ1n) is 6.19. The lowest BCUT2D eigenvalue weighted by Crippen LogP contribution is -2.44. The topological polar surface area (TPSA) is 15.3 Å². The van der Waals surface area contributed by atoms with Gasteiger partial charge in [-0.25, -0.2) is 0 Å². The predicted molar refractivity (Wildman–Crippen MR) is 71.1 cm³/mol. The maximum atomic E-state index is 3.76. The zero-order valence-electron chi connectivity index (χ0n) is 10.3. The van der Waals surface area contributed by atoms with Crippen LogP contribution >= 0.6 is 11.3 Å². The van der Waals surface area contributed by atoms with E-state index in [0.29, 0.717) is 6.04 Å². The molecule has 0 spiro atoms. The third kappa shape index (κ3) is 3.58. The summed E-state index contributed by atoms with van der Waals surface area (Å²) < 4.78 is 0. The monoisotopic (exact) mass is 238 g/mol. The van der Waals surface area contributed by atoms with Crippen LogP contribution < -0.4 is 5.32 Å². The Morgan fingerprint density at radius 1 is 1.50 bits per heavy atom. The number of thiophene rings is 1. The fourth-order valence-electron chi connectivity index (χ4n) is 2.40. The zero-order chi connectivity index (χ0) is 11.4. The molecule has 0 aromatic carbocycles. The van der Waals surface area contributed by atoms with Crippen molar-refractivity contribution < 1.29 is 0 Å². The highest BCUT2D eigenvalue weighted by atomic mass is 32.1. The fourth-order valence-corrected chi connectivity index (χ4v) is 3.08. The number of hydrogen-bond acceptors (Lipinski definition) is 3. The molecular weight excluding hydrogens is 216 g/mol. The van der Waals surface area contributed by atoms with Crippen molar-refractivity contribution in [2.75, 3.05) is 20.1 Å². The van der Waals surface area contributed by atoms with Crippen LogP contribution in [0.5, 0.6) is 0 Å². The lowest BCUT2D eigenvalue weighted by atomic mass is 10.0. The Bertz CT molecular complexity index is 289. The van der Waals surface area contributed by atoms with E-state index >= 15 is 0 Å². The van der Waals surface area contributed by atoms with Crippen LogP contribution in [0.3, 0.4) is 0 Å². The molecule has 2 rings (SSSR count). The second-order valence-corrected chi connectivity index (χ2v) is 5.76. The van der Waals surface area contributed by atoms with Crippen molar-refractivity contribution in [1.29, 1.82) is 0 Å². The van der Waals surface area contributed by atoms with Crippen molar-refractivity contribution in [1.82, 2.24) is 10.2 Å². The van der Waals surface area contributed by atoms with Gasteiger partial charge >= 0.3 is 0 Å². The van der Waals surface area contributed by atoms with Gasteiger partial charge < -0.3 is 10.2 Å². The zero-order valence-corrected chi connectivity index (χ0v) is 11.1. The molecule has 1 saturated heterocycles. The molecule has 0 radical (unpaired) electrons. The number of piperidine rings is 1. The van der Waals surface area contributed by atoms with E-state index in [1.165, 1.54) is 31.5 Å². The molecule has 0 amide bonds. The van der Waals surface area contributed by atoms with Gasteiger partial charge in [-0.2, -0.15) is 11.3 Å². The van der Waals surface area contributed by atoms with Gasteiger partial charge in [0.15, 0.2) is 0 Å².